The fourth-order valence-corrected chi connectivity index (χ4v) is 1.14. The fraction of sp³-hybridized carbons (Fsp3) is 0.182. The van der Waals surface area contributed by atoms with Crippen LogP contribution in [0.25, 0.3) is 0 Å². The molecule has 2 rings (SSSR count). The Hall–Kier alpha value is -2.08. The number of carbonyl (C=O) groups is 1. The number of nitrogen functional groups attached to an aromatic ring is 1. The molecule has 1 aromatic rings. The van der Waals surface area contributed by atoms with Gasteiger partial charge in [0.05, 0.1) is 18.8 Å². The molecule has 0 saturated carbocycles. The standard InChI is InChI=1S/C7H7NO2.C4H7FN2/c8-6-3-1-2-5(4-6)7(9)10;5-4-1-6-3-7-2-4/h1-4H,8H2,(H,9,10);1,6-7H,2-3H2. The van der Waals surface area contributed by atoms with Crippen LogP contribution in [0.15, 0.2) is 36.3 Å². The van der Waals surface area contributed by atoms with E-state index in [1.165, 1.54) is 18.3 Å². The van der Waals surface area contributed by atoms with E-state index >= 15 is 0 Å². The Morgan fingerprint density at radius 3 is 2.59 bits per heavy atom. The maximum Gasteiger partial charge on any atom is 0.335 e. The number of benzene rings is 1. The van der Waals surface area contributed by atoms with Gasteiger partial charge in [-0.1, -0.05) is 6.07 Å². The van der Waals surface area contributed by atoms with Crippen LogP contribution in [0.5, 0.6) is 0 Å². The zero-order valence-corrected chi connectivity index (χ0v) is 9.11. The van der Waals surface area contributed by atoms with Crippen LogP contribution in [0.3, 0.4) is 0 Å². The lowest BCUT2D eigenvalue weighted by Gasteiger charge is -2.08. The summed E-state index contributed by atoms with van der Waals surface area (Å²) in [7, 11) is 0. The van der Waals surface area contributed by atoms with E-state index in [1.807, 2.05) is 0 Å². The molecule has 92 valence electrons. The van der Waals surface area contributed by atoms with E-state index in [0.29, 0.717) is 18.9 Å². The van der Waals surface area contributed by atoms with Crippen LogP contribution in [0, 0.1) is 0 Å². The summed E-state index contributed by atoms with van der Waals surface area (Å²) in [6.45, 7) is 1.04. The van der Waals surface area contributed by atoms with Crippen LogP contribution in [0.2, 0.25) is 0 Å². The number of aromatic carboxylic acids is 1. The molecule has 0 aliphatic carbocycles. The molecule has 5 N–H and O–H groups in total. The van der Waals surface area contributed by atoms with Crippen molar-refractivity contribution in [1.82, 2.24) is 10.6 Å². The fourth-order valence-electron chi connectivity index (χ4n) is 1.14. The molecule has 0 unspecified atom stereocenters. The third-order valence-electron chi connectivity index (χ3n) is 1.91. The van der Waals surface area contributed by atoms with Gasteiger partial charge in [-0.3, -0.25) is 5.32 Å². The van der Waals surface area contributed by atoms with E-state index in [4.69, 9.17) is 10.8 Å². The normalized spacial score (nSPS) is 13.8. The molecule has 0 atom stereocenters. The largest absolute Gasteiger partial charge is 0.478 e. The number of anilines is 1. The van der Waals surface area contributed by atoms with Gasteiger partial charge in [0.1, 0.15) is 5.83 Å². The van der Waals surface area contributed by atoms with Crippen molar-refractivity contribution in [3.05, 3.63) is 41.9 Å². The summed E-state index contributed by atoms with van der Waals surface area (Å²) in [6.07, 6.45) is 1.37. The Morgan fingerprint density at radius 1 is 1.47 bits per heavy atom. The summed E-state index contributed by atoms with van der Waals surface area (Å²) in [5.74, 6) is -1.08. The lowest BCUT2D eigenvalue weighted by atomic mass is 10.2. The van der Waals surface area contributed by atoms with Gasteiger partial charge < -0.3 is 16.2 Å². The smallest absolute Gasteiger partial charge is 0.335 e. The van der Waals surface area contributed by atoms with Crippen molar-refractivity contribution < 1.29 is 14.3 Å². The Morgan fingerprint density at radius 2 is 2.24 bits per heavy atom. The Labute approximate surface area is 98.1 Å². The van der Waals surface area contributed by atoms with Crippen LogP contribution in [0.1, 0.15) is 10.4 Å². The monoisotopic (exact) mass is 239 g/mol. The number of hydrogen-bond donors (Lipinski definition) is 4. The summed E-state index contributed by atoms with van der Waals surface area (Å²) < 4.78 is 11.9. The van der Waals surface area contributed by atoms with Gasteiger partial charge in [0.25, 0.3) is 0 Å². The highest BCUT2D eigenvalue weighted by molar-refractivity contribution is 5.88. The van der Waals surface area contributed by atoms with Crippen molar-refractivity contribution in [2.45, 2.75) is 0 Å². The lowest BCUT2D eigenvalue weighted by Crippen LogP contribution is -2.31. The number of rotatable bonds is 1. The molecule has 0 radical (unpaired) electrons. The summed E-state index contributed by atoms with van der Waals surface area (Å²) in [5.41, 5.74) is 6.03. The average molecular weight is 239 g/mol. The molecule has 0 aromatic heterocycles. The number of carboxylic acids is 1. The molecule has 1 heterocycles. The van der Waals surface area contributed by atoms with Crippen LogP contribution < -0.4 is 16.4 Å². The van der Waals surface area contributed by atoms with Gasteiger partial charge in [-0.2, -0.15) is 0 Å². The van der Waals surface area contributed by atoms with Gasteiger partial charge >= 0.3 is 5.97 Å². The second kappa shape index (κ2) is 6.49. The lowest BCUT2D eigenvalue weighted by molar-refractivity contribution is 0.0697. The number of nitrogens with one attached hydrogen (secondary N) is 2. The summed E-state index contributed by atoms with van der Waals surface area (Å²) in [6, 6.07) is 6.17. The van der Waals surface area contributed by atoms with Crippen molar-refractivity contribution in [2.75, 3.05) is 18.9 Å². The second-order valence-corrected chi connectivity index (χ2v) is 3.33. The molecular weight excluding hydrogens is 225 g/mol. The van der Waals surface area contributed by atoms with Crippen LogP contribution in [0.4, 0.5) is 10.1 Å². The molecule has 17 heavy (non-hydrogen) atoms. The minimum Gasteiger partial charge on any atom is -0.478 e. The average Bonchev–Trinajstić information content (AvgIpc) is 2.31. The Bertz CT molecular complexity index is 421. The molecular formula is C11H14FN3O2. The number of carboxylic acid groups (broad SMARTS) is 1. The van der Waals surface area contributed by atoms with Gasteiger partial charge in [-0.15, -0.1) is 0 Å². The predicted molar refractivity (Wildman–Crippen MR) is 63.0 cm³/mol. The third kappa shape index (κ3) is 4.98. The van der Waals surface area contributed by atoms with Crippen molar-refractivity contribution >= 4 is 11.7 Å². The van der Waals surface area contributed by atoms with E-state index in [1.54, 1.807) is 12.1 Å². The van der Waals surface area contributed by atoms with Gasteiger partial charge in [-0.05, 0) is 18.2 Å². The van der Waals surface area contributed by atoms with Gasteiger partial charge in [0, 0.05) is 11.9 Å². The van der Waals surface area contributed by atoms with Crippen LogP contribution >= 0.6 is 0 Å². The second-order valence-electron chi connectivity index (χ2n) is 3.33. The van der Waals surface area contributed by atoms with Crippen molar-refractivity contribution in [3.63, 3.8) is 0 Å². The van der Waals surface area contributed by atoms with Crippen LogP contribution in [-0.4, -0.2) is 24.3 Å². The summed E-state index contributed by atoms with van der Waals surface area (Å²) >= 11 is 0. The minimum absolute atomic E-state index is 0.133. The highest BCUT2D eigenvalue weighted by Gasteiger charge is 1.99. The topological polar surface area (TPSA) is 87.4 Å². The maximum atomic E-state index is 11.9. The van der Waals surface area contributed by atoms with E-state index in [2.05, 4.69) is 10.6 Å². The first-order valence-corrected chi connectivity index (χ1v) is 4.97. The first-order chi connectivity index (χ1) is 8.09. The zero-order valence-electron chi connectivity index (χ0n) is 9.11. The summed E-state index contributed by atoms with van der Waals surface area (Å²) in [4.78, 5) is 10.3. The van der Waals surface area contributed by atoms with Crippen molar-refractivity contribution in [3.8, 4) is 0 Å². The van der Waals surface area contributed by atoms with Crippen LogP contribution in [-0.2, 0) is 0 Å². The molecule has 0 spiro atoms. The Balaban J connectivity index is 0.000000181. The summed E-state index contributed by atoms with van der Waals surface area (Å²) in [5, 5.41) is 13.9. The van der Waals surface area contributed by atoms with Crippen molar-refractivity contribution in [2.24, 2.45) is 0 Å². The maximum absolute atomic E-state index is 11.9. The van der Waals surface area contributed by atoms with Gasteiger partial charge in [0.15, 0.2) is 0 Å². The van der Waals surface area contributed by atoms with E-state index < -0.39 is 5.97 Å². The first-order valence-electron chi connectivity index (χ1n) is 4.97. The first kappa shape index (κ1) is 13.0. The third-order valence-corrected chi connectivity index (χ3v) is 1.91. The van der Waals surface area contributed by atoms with E-state index in [9.17, 15) is 9.18 Å². The zero-order chi connectivity index (χ0) is 12.7. The van der Waals surface area contributed by atoms with E-state index in [0.717, 1.165) is 0 Å². The molecule has 0 amide bonds. The van der Waals surface area contributed by atoms with Crippen molar-refractivity contribution in [1.29, 1.82) is 0 Å². The SMILES string of the molecule is FC1=CNCNC1.Nc1cccc(C(=O)O)c1. The number of halogens is 1. The molecule has 1 aromatic carbocycles. The Kier molecular flexibility index (Phi) is 4.96. The van der Waals surface area contributed by atoms with Gasteiger partial charge in [-0.25, -0.2) is 9.18 Å². The quantitative estimate of drug-likeness (QED) is 0.547. The molecule has 5 nitrogen and oxygen atoms in total. The molecule has 0 fully saturated rings. The van der Waals surface area contributed by atoms with E-state index in [-0.39, 0.29) is 11.4 Å². The molecule has 1 aliphatic rings. The molecule has 6 heteroatoms. The predicted octanol–water partition coefficient (Wildman–Crippen LogP) is 0.915. The molecule has 0 bridgehead atoms. The minimum atomic E-state index is -0.952. The number of hydrogen-bond acceptors (Lipinski definition) is 4. The highest BCUT2D eigenvalue weighted by Crippen LogP contribution is 2.05. The highest BCUT2D eigenvalue weighted by atomic mass is 19.1. The van der Waals surface area contributed by atoms with Gasteiger partial charge in [0.2, 0.25) is 0 Å². The number of nitrogens with two attached hydrogens (primary N) is 1. The molecule has 1 aliphatic heterocycles. The molecule has 0 saturated heterocycles.